The minimum atomic E-state index is -1.21. The van der Waals surface area contributed by atoms with Crippen molar-refractivity contribution in [2.24, 2.45) is 0 Å². The Labute approximate surface area is 211 Å². The van der Waals surface area contributed by atoms with Gasteiger partial charge in [0.15, 0.2) is 5.78 Å². The second kappa shape index (κ2) is 11.5. The van der Waals surface area contributed by atoms with Crippen molar-refractivity contribution >= 4 is 11.7 Å². The smallest absolute Gasteiger partial charge is 0.254 e. The Hall–Kier alpha value is -4.22. The van der Waals surface area contributed by atoms with Crippen LogP contribution in [0, 0.1) is 6.92 Å². The largest absolute Gasteiger partial charge is 0.457 e. The number of carbonyl (C=O) groups is 2. The van der Waals surface area contributed by atoms with Crippen LogP contribution < -0.4 is 4.74 Å². The summed E-state index contributed by atoms with van der Waals surface area (Å²) in [5.74, 6) is 1.01. The molecule has 5 heteroatoms. The van der Waals surface area contributed by atoms with E-state index in [9.17, 15) is 14.7 Å². The van der Waals surface area contributed by atoms with Gasteiger partial charge in [-0.2, -0.15) is 0 Å². The van der Waals surface area contributed by atoms with Gasteiger partial charge in [-0.15, -0.1) is 0 Å². The first-order valence-electron chi connectivity index (χ1n) is 11.9. The fraction of sp³-hybridized carbons (Fsp3) is 0.161. The number of carbonyl (C=O) groups excluding carboxylic acids is 2. The fourth-order valence-corrected chi connectivity index (χ4v) is 3.91. The molecule has 1 atom stereocenters. The van der Waals surface area contributed by atoms with Crippen LogP contribution in [-0.2, 0) is 6.54 Å². The molecule has 0 radical (unpaired) electrons. The Balaban J connectivity index is 1.40. The van der Waals surface area contributed by atoms with Crippen LogP contribution >= 0.6 is 0 Å². The van der Waals surface area contributed by atoms with Crippen LogP contribution in [0.2, 0.25) is 0 Å². The molecule has 4 aromatic rings. The average molecular weight is 480 g/mol. The second-order valence-electron chi connectivity index (χ2n) is 8.59. The number of Topliss-reactive ketones (excluding diaryl/α,β-unsaturated/α-hetero) is 1. The van der Waals surface area contributed by atoms with E-state index in [-0.39, 0.29) is 11.7 Å². The lowest BCUT2D eigenvalue weighted by atomic mass is 9.99. The average Bonchev–Trinajstić information content (AvgIpc) is 2.93. The van der Waals surface area contributed by atoms with Gasteiger partial charge in [0.1, 0.15) is 17.6 Å². The summed E-state index contributed by atoms with van der Waals surface area (Å²) in [5, 5.41) is 10.4. The summed E-state index contributed by atoms with van der Waals surface area (Å²) < 4.78 is 5.93. The highest BCUT2D eigenvalue weighted by molar-refractivity contribution is 6.00. The Bertz CT molecular complexity index is 1320. The fourth-order valence-electron chi connectivity index (χ4n) is 3.91. The summed E-state index contributed by atoms with van der Waals surface area (Å²) in [6.07, 6.45) is -1.21. The molecule has 0 fully saturated rings. The number of aliphatic hydroxyl groups excluding tert-OH is 1. The molecule has 4 rings (SSSR count). The number of ether oxygens (including phenoxy) is 1. The molecule has 1 amide bonds. The lowest BCUT2D eigenvalue weighted by molar-refractivity contribution is 0.0741. The molecule has 0 spiro atoms. The normalized spacial score (nSPS) is 11.5. The maximum absolute atomic E-state index is 13.1. The zero-order valence-electron chi connectivity index (χ0n) is 20.4. The molecule has 0 aromatic heterocycles. The molecular formula is C31H29NO4. The van der Waals surface area contributed by atoms with Gasteiger partial charge < -0.3 is 14.7 Å². The Morgan fingerprint density at radius 2 is 1.42 bits per heavy atom. The number of aliphatic hydroxyl groups is 1. The van der Waals surface area contributed by atoms with E-state index in [2.05, 4.69) is 0 Å². The lowest BCUT2D eigenvalue weighted by Crippen LogP contribution is -2.30. The van der Waals surface area contributed by atoms with E-state index in [0.29, 0.717) is 35.5 Å². The Kier molecular flexibility index (Phi) is 7.93. The van der Waals surface area contributed by atoms with Gasteiger partial charge in [0.2, 0.25) is 0 Å². The molecule has 0 aliphatic carbocycles. The monoisotopic (exact) mass is 479 g/mol. The number of aryl methyl sites for hydroxylation is 1. The van der Waals surface area contributed by atoms with Gasteiger partial charge in [-0.1, -0.05) is 72.8 Å². The summed E-state index contributed by atoms with van der Waals surface area (Å²) >= 11 is 0. The van der Waals surface area contributed by atoms with E-state index in [0.717, 1.165) is 16.9 Å². The van der Waals surface area contributed by atoms with Gasteiger partial charge in [0, 0.05) is 24.2 Å². The molecule has 1 N–H and O–H groups in total. The van der Waals surface area contributed by atoms with Crippen LogP contribution in [-0.4, -0.2) is 28.2 Å². The van der Waals surface area contributed by atoms with Gasteiger partial charge >= 0.3 is 0 Å². The molecule has 4 aromatic carbocycles. The number of benzene rings is 4. The molecule has 5 nitrogen and oxygen atoms in total. The predicted molar refractivity (Wildman–Crippen MR) is 140 cm³/mol. The summed E-state index contributed by atoms with van der Waals surface area (Å²) in [6.45, 7) is 4.86. The third kappa shape index (κ3) is 5.88. The van der Waals surface area contributed by atoms with Crippen molar-refractivity contribution in [1.29, 1.82) is 0 Å². The maximum Gasteiger partial charge on any atom is 0.254 e. The topological polar surface area (TPSA) is 66.8 Å². The standard InChI is InChI=1S/C31H29NO4/c1-3-32(31(35)26-17-19-27(20-18-26)36-28-12-8-7-9-22(28)2)21-23-13-15-25(16-14-23)30(34)29(33)24-10-5-4-6-11-24/h4-20,29,33H,3,21H2,1-2H3. The summed E-state index contributed by atoms with van der Waals surface area (Å²) in [7, 11) is 0. The van der Waals surface area contributed by atoms with Crippen LogP contribution in [0.1, 0.15) is 50.4 Å². The van der Waals surface area contributed by atoms with Gasteiger partial charge in [0.05, 0.1) is 0 Å². The van der Waals surface area contributed by atoms with E-state index in [1.165, 1.54) is 0 Å². The summed E-state index contributed by atoms with van der Waals surface area (Å²) in [6, 6.07) is 30.8. The van der Waals surface area contributed by atoms with Crippen molar-refractivity contribution in [2.45, 2.75) is 26.5 Å². The Morgan fingerprint density at radius 1 is 0.806 bits per heavy atom. The first-order chi connectivity index (χ1) is 17.5. The molecule has 1 unspecified atom stereocenters. The molecule has 182 valence electrons. The predicted octanol–water partition coefficient (Wildman–Crippen LogP) is 6.37. The molecule has 0 heterocycles. The number of nitrogens with zero attached hydrogens (tertiary/aromatic N) is 1. The summed E-state index contributed by atoms with van der Waals surface area (Å²) in [4.78, 5) is 27.5. The molecule has 0 aliphatic rings. The van der Waals surface area contributed by atoms with Crippen molar-refractivity contribution < 1.29 is 19.4 Å². The van der Waals surface area contributed by atoms with Gasteiger partial charge in [-0.3, -0.25) is 9.59 Å². The number of hydrogen-bond acceptors (Lipinski definition) is 4. The molecular weight excluding hydrogens is 450 g/mol. The minimum Gasteiger partial charge on any atom is -0.457 e. The van der Waals surface area contributed by atoms with E-state index in [4.69, 9.17) is 4.74 Å². The molecule has 0 bridgehead atoms. The van der Waals surface area contributed by atoms with Crippen molar-refractivity contribution in [1.82, 2.24) is 4.90 Å². The van der Waals surface area contributed by atoms with Gasteiger partial charge in [-0.25, -0.2) is 0 Å². The van der Waals surface area contributed by atoms with Crippen LogP contribution in [0.4, 0.5) is 0 Å². The zero-order chi connectivity index (χ0) is 25.5. The third-order valence-electron chi connectivity index (χ3n) is 6.07. The minimum absolute atomic E-state index is 0.0837. The number of para-hydroxylation sites is 1. The molecule has 36 heavy (non-hydrogen) atoms. The van der Waals surface area contributed by atoms with Crippen LogP contribution in [0.15, 0.2) is 103 Å². The van der Waals surface area contributed by atoms with Crippen LogP contribution in [0.3, 0.4) is 0 Å². The lowest BCUT2D eigenvalue weighted by Gasteiger charge is -2.21. The molecule has 0 saturated heterocycles. The number of amides is 1. The van der Waals surface area contributed by atoms with E-state index < -0.39 is 6.10 Å². The Morgan fingerprint density at radius 3 is 2.06 bits per heavy atom. The third-order valence-corrected chi connectivity index (χ3v) is 6.07. The van der Waals surface area contributed by atoms with E-state index in [1.54, 1.807) is 65.6 Å². The van der Waals surface area contributed by atoms with Crippen molar-refractivity contribution in [3.8, 4) is 11.5 Å². The maximum atomic E-state index is 13.1. The van der Waals surface area contributed by atoms with Crippen molar-refractivity contribution in [3.05, 3.63) is 131 Å². The number of hydrogen-bond donors (Lipinski definition) is 1. The first-order valence-corrected chi connectivity index (χ1v) is 11.9. The van der Waals surface area contributed by atoms with Gasteiger partial charge in [-0.05, 0) is 60.9 Å². The quantitative estimate of drug-likeness (QED) is 0.284. The zero-order valence-corrected chi connectivity index (χ0v) is 20.4. The van der Waals surface area contributed by atoms with Crippen LogP contribution in [0.5, 0.6) is 11.5 Å². The molecule has 0 saturated carbocycles. The van der Waals surface area contributed by atoms with Crippen molar-refractivity contribution in [3.63, 3.8) is 0 Å². The molecule has 0 aliphatic heterocycles. The number of rotatable bonds is 9. The van der Waals surface area contributed by atoms with Crippen LogP contribution in [0.25, 0.3) is 0 Å². The van der Waals surface area contributed by atoms with Crippen molar-refractivity contribution in [2.75, 3.05) is 6.54 Å². The highest BCUT2D eigenvalue weighted by Crippen LogP contribution is 2.25. The SMILES string of the molecule is CCN(Cc1ccc(C(=O)C(O)c2ccccc2)cc1)C(=O)c1ccc(Oc2ccccc2C)cc1. The van der Waals surface area contributed by atoms with E-state index in [1.807, 2.05) is 56.3 Å². The highest BCUT2D eigenvalue weighted by Gasteiger charge is 2.19. The number of ketones is 1. The second-order valence-corrected chi connectivity index (χ2v) is 8.59. The van der Waals surface area contributed by atoms with Gasteiger partial charge in [0.25, 0.3) is 5.91 Å². The highest BCUT2D eigenvalue weighted by atomic mass is 16.5. The summed E-state index contributed by atoms with van der Waals surface area (Å²) in [5.41, 5.74) is 3.50. The first kappa shape index (κ1) is 24.9. The van der Waals surface area contributed by atoms with E-state index >= 15 is 0 Å².